The van der Waals surface area contributed by atoms with Crippen LogP contribution in [0.25, 0.3) is 11.4 Å². The van der Waals surface area contributed by atoms with E-state index in [1.54, 1.807) is 16.8 Å². The summed E-state index contributed by atoms with van der Waals surface area (Å²) in [5.74, 6) is 0.156. The molecular formula is C24H20FN5OS. The van der Waals surface area contributed by atoms with Crippen LogP contribution in [0.5, 0.6) is 0 Å². The van der Waals surface area contributed by atoms with Crippen LogP contribution in [0.1, 0.15) is 17.2 Å². The Labute approximate surface area is 188 Å². The monoisotopic (exact) mass is 445 g/mol. The van der Waals surface area contributed by atoms with Gasteiger partial charge < -0.3 is 10.7 Å². The number of carbonyl (C=O) groups excluding carboxylic acids is 1. The Kier molecular flexibility index (Phi) is 5.36. The Morgan fingerprint density at radius 3 is 2.56 bits per heavy atom. The topological polar surface area (TPSA) is 71.8 Å². The van der Waals surface area contributed by atoms with Gasteiger partial charge in [-0.1, -0.05) is 66.4 Å². The van der Waals surface area contributed by atoms with Crippen molar-refractivity contribution in [1.82, 2.24) is 14.9 Å². The molecule has 0 saturated carbocycles. The molecule has 2 N–H and O–H groups in total. The minimum Gasteiger partial charge on any atom is -0.325 e. The van der Waals surface area contributed by atoms with E-state index >= 15 is 0 Å². The molecule has 1 aliphatic rings. The number of fused-ring (bicyclic) bond motifs is 1. The Morgan fingerprint density at radius 1 is 1.03 bits per heavy atom. The zero-order chi connectivity index (χ0) is 22.1. The molecule has 1 amide bonds. The van der Waals surface area contributed by atoms with Gasteiger partial charge in [0.2, 0.25) is 11.1 Å². The normalized spacial score (nSPS) is 17.3. The Morgan fingerprint density at radius 2 is 1.81 bits per heavy atom. The summed E-state index contributed by atoms with van der Waals surface area (Å²) in [6.45, 7) is 1.97. The number of hydrogen-bond donors (Lipinski definition) is 2. The maximum Gasteiger partial charge on any atom is 0.240 e. The van der Waals surface area contributed by atoms with Gasteiger partial charge in [-0.3, -0.25) is 4.79 Å². The van der Waals surface area contributed by atoms with Crippen LogP contribution in [-0.2, 0) is 4.79 Å². The fourth-order valence-electron chi connectivity index (χ4n) is 3.69. The molecule has 0 unspecified atom stereocenters. The summed E-state index contributed by atoms with van der Waals surface area (Å²) in [7, 11) is 0. The average Bonchev–Trinajstić information content (AvgIpc) is 3.22. The average molecular weight is 446 g/mol. The van der Waals surface area contributed by atoms with Crippen LogP contribution in [0, 0.1) is 12.7 Å². The smallest absolute Gasteiger partial charge is 0.240 e. The fraction of sp³-hybridized carbons (Fsp3) is 0.125. The van der Waals surface area contributed by atoms with Crippen LogP contribution in [-0.4, -0.2) is 26.0 Å². The lowest BCUT2D eigenvalue weighted by atomic mass is 10.0. The summed E-state index contributed by atoms with van der Waals surface area (Å²) in [6, 6.07) is 23.1. The van der Waals surface area contributed by atoms with E-state index in [0.29, 0.717) is 11.0 Å². The highest BCUT2D eigenvalue weighted by atomic mass is 32.2. The van der Waals surface area contributed by atoms with Gasteiger partial charge in [0.25, 0.3) is 0 Å². The Hall–Kier alpha value is -3.65. The SMILES string of the molecule is Cc1cccc(NC(=O)[C@H]2Sc3nnc(-c4ccccc4)n3N[C@@H]2c2ccc(F)cc2)c1. The molecule has 1 aromatic heterocycles. The number of halogens is 1. The number of nitrogens with zero attached hydrogens (tertiary/aromatic N) is 3. The van der Waals surface area contributed by atoms with Crippen molar-refractivity contribution < 1.29 is 9.18 Å². The highest BCUT2D eigenvalue weighted by molar-refractivity contribution is 8.00. The molecule has 0 fully saturated rings. The fourth-order valence-corrected chi connectivity index (χ4v) is 4.77. The minimum absolute atomic E-state index is 0.169. The number of thioether (sulfide) groups is 1. The number of hydrogen-bond acceptors (Lipinski definition) is 5. The number of nitrogens with one attached hydrogen (secondary N) is 2. The van der Waals surface area contributed by atoms with Crippen LogP contribution in [0.3, 0.4) is 0 Å². The van der Waals surface area contributed by atoms with Gasteiger partial charge in [0.05, 0.1) is 6.04 Å². The van der Waals surface area contributed by atoms with E-state index in [9.17, 15) is 9.18 Å². The number of amides is 1. The molecule has 0 saturated heterocycles. The van der Waals surface area contributed by atoms with Crippen LogP contribution in [0.2, 0.25) is 0 Å². The van der Waals surface area contributed by atoms with Crippen molar-refractivity contribution in [3.05, 3.63) is 95.8 Å². The lowest BCUT2D eigenvalue weighted by molar-refractivity contribution is -0.116. The van der Waals surface area contributed by atoms with Gasteiger partial charge in [-0.2, -0.15) is 0 Å². The zero-order valence-corrected chi connectivity index (χ0v) is 18.0. The molecule has 2 atom stereocenters. The molecule has 0 bridgehead atoms. The lowest BCUT2D eigenvalue weighted by Gasteiger charge is -2.33. The van der Waals surface area contributed by atoms with E-state index in [1.165, 1.54) is 23.9 Å². The molecule has 5 rings (SSSR count). The van der Waals surface area contributed by atoms with Crippen molar-refractivity contribution in [1.29, 1.82) is 0 Å². The first-order valence-electron chi connectivity index (χ1n) is 10.2. The molecule has 1 aliphatic heterocycles. The van der Waals surface area contributed by atoms with E-state index in [1.807, 2.05) is 61.5 Å². The first kappa shape index (κ1) is 20.3. The van der Waals surface area contributed by atoms with E-state index in [0.717, 1.165) is 22.4 Å². The van der Waals surface area contributed by atoms with Gasteiger partial charge in [-0.25, -0.2) is 9.07 Å². The number of aromatic nitrogens is 3. The first-order chi connectivity index (χ1) is 15.6. The summed E-state index contributed by atoms with van der Waals surface area (Å²) in [4.78, 5) is 13.3. The first-order valence-corrected chi connectivity index (χ1v) is 11.0. The van der Waals surface area contributed by atoms with Crippen molar-refractivity contribution in [3.63, 3.8) is 0 Å². The minimum atomic E-state index is -0.540. The summed E-state index contributed by atoms with van der Waals surface area (Å²) < 4.78 is 15.4. The van der Waals surface area contributed by atoms with Crippen molar-refractivity contribution in [3.8, 4) is 11.4 Å². The molecule has 3 aromatic carbocycles. The molecule has 4 aromatic rings. The second-order valence-corrected chi connectivity index (χ2v) is 8.67. The predicted octanol–water partition coefficient (Wildman–Crippen LogP) is 4.79. The van der Waals surface area contributed by atoms with Gasteiger partial charge in [0.15, 0.2) is 5.82 Å². The second kappa shape index (κ2) is 8.47. The molecule has 6 nitrogen and oxygen atoms in total. The molecule has 2 heterocycles. The maximum absolute atomic E-state index is 13.6. The summed E-state index contributed by atoms with van der Waals surface area (Å²) in [5.41, 5.74) is 6.87. The molecule has 32 heavy (non-hydrogen) atoms. The van der Waals surface area contributed by atoms with Crippen LogP contribution in [0.4, 0.5) is 10.1 Å². The van der Waals surface area contributed by atoms with E-state index in [2.05, 4.69) is 20.9 Å². The predicted molar refractivity (Wildman–Crippen MR) is 123 cm³/mol. The summed E-state index contributed by atoms with van der Waals surface area (Å²) in [6.07, 6.45) is 0. The molecule has 0 aliphatic carbocycles. The van der Waals surface area contributed by atoms with Crippen LogP contribution < -0.4 is 10.7 Å². The van der Waals surface area contributed by atoms with Crippen LogP contribution in [0.15, 0.2) is 84.0 Å². The third-order valence-corrected chi connectivity index (χ3v) is 6.46. The van der Waals surface area contributed by atoms with Crippen molar-refractivity contribution >= 4 is 23.4 Å². The number of benzene rings is 3. The largest absolute Gasteiger partial charge is 0.325 e. The van der Waals surface area contributed by atoms with Gasteiger partial charge in [-0.05, 0) is 42.3 Å². The standard InChI is InChI=1S/C24H20FN5OS/c1-15-6-5-9-19(14-15)26-23(31)21-20(16-10-12-18(25)13-11-16)29-30-22(27-28-24(30)32-21)17-7-3-2-4-8-17/h2-14,20-21,29H,1H3,(H,26,31)/t20-,21+/m1/s1. The van der Waals surface area contributed by atoms with Gasteiger partial charge in [-0.15, -0.1) is 10.2 Å². The quantitative estimate of drug-likeness (QED) is 0.473. The second-order valence-electron chi connectivity index (χ2n) is 7.56. The van der Waals surface area contributed by atoms with Gasteiger partial charge in [0.1, 0.15) is 11.1 Å². The number of anilines is 1. The third kappa shape index (κ3) is 3.97. The van der Waals surface area contributed by atoms with E-state index < -0.39 is 11.3 Å². The summed E-state index contributed by atoms with van der Waals surface area (Å²) >= 11 is 1.33. The highest BCUT2D eigenvalue weighted by Gasteiger charge is 2.38. The van der Waals surface area contributed by atoms with Gasteiger partial charge >= 0.3 is 0 Å². The van der Waals surface area contributed by atoms with Crippen molar-refractivity contribution in [2.75, 3.05) is 10.7 Å². The number of carbonyl (C=O) groups is 1. The van der Waals surface area contributed by atoms with Gasteiger partial charge in [0, 0.05) is 11.3 Å². The molecule has 8 heteroatoms. The Balaban J connectivity index is 1.51. The lowest BCUT2D eigenvalue weighted by Crippen LogP contribution is -2.41. The van der Waals surface area contributed by atoms with Crippen molar-refractivity contribution in [2.45, 2.75) is 23.4 Å². The highest BCUT2D eigenvalue weighted by Crippen LogP contribution is 2.39. The molecule has 160 valence electrons. The molecule has 0 spiro atoms. The molecular weight excluding hydrogens is 425 g/mol. The Bertz CT molecular complexity index is 1260. The third-order valence-electron chi connectivity index (χ3n) is 5.24. The number of rotatable bonds is 4. The van der Waals surface area contributed by atoms with E-state index in [-0.39, 0.29) is 11.7 Å². The maximum atomic E-state index is 13.6. The van der Waals surface area contributed by atoms with E-state index in [4.69, 9.17) is 0 Å². The number of aryl methyl sites for hydroxylation is 1. The zero-order valence-electron chi connectivity index (χ0n) is 17.2. The molecule has 0 radical (unpaired) electrons. The van der Waals surface area contributed by atoms with Crippen LogP contribution >= 0.6 is 11.8 Å². The summed E-state index contributed by atoms with van der Waals surface area (Å²) in [5, 5.41) is 11.7. The van der Waals surface area contributed by atoms with Crippen molar-refractivity contribution in [2.24, 2.45) is 0 Å².